The summed E-state index contributed by atoms with van der Waals surface area (Å²) in [7, 11) is 0. The van der Waals surface area contributed by atoms with Crippen LogP contribution in [0, 0.1) is 50.2 Å². The van der Waals surface area contributed by atoms with Crippen molar-refractivity contribution in [3.05, 3.63) is 139 Å². The molecule has 0 atom stereocenters. The van der Waals surface area contributed by atoms with E-state index in [1.54, 1.807) is 0 Å². The number of nitrogens with zero attached hydrogens (tertiary/aromatic N) is 3. The van der Waals surface area contributed by atoms with E-state index in [0.29, 0.717) is 17.5 Å². The maximum atomic E-state index is 6.19. The molecular weight excluding hydrogens is 792 g/mol. The van der Waals surface area contributed by atoms with Crippen LogP contribution < -0.4 is 0 Å². The number of para-hydroxylation sites is 2. The van der Waals surface area contributed by atoms with Crippen LogP contribution in [0.25, 0.3) is 89.2 Å². The Morgan fingerprint density at radius 2 is 0.913 bits per heavy atom. The first-order chi connectivity index (χ1) is 22.2. The summed E-state index contributed by atoms with van der Waals surface area (Å²) in [6.07, 6.45) is 0. The third-order valence-corrected chi connectivity index (χ3v) is 8.24. The van der Waals surface area contributed by atoms with Gasteiger partial charge in [-0.15, -0.1) is 17.7 Å². The molecule has 0 aliphatic carbocycles. The Hall–Kier alpha value is -5.02. The molecule has 0 saturated carbocycles. The van der Waals surface area contributed by atoms with Crippen molar-refractivity contribution < 1.29 is 39.9 Å². The summed E-state index contributed by atoms with van der Waals surface area (Å²) in [5, 5.41) is 4.27. The van der Waals surface area contributed by atoms with Gasteiger partial charge in [0.1, 0.15) is 28.2 Å². The van der Waals surface area contributed by atoms with Crippen LogP contribution in [0.15, 0.2) is 130 Å². The van der Waals surface area contributed by atoms with Gasteiger partial charge < -0.3 is 8.83 Å². The van der Waals surface area contributed by atoms with Crippen LogP contribution in [0.1, 0.15) is 5.56 Å². The van der Waals surface area contributed by atoms with Crippen LogP contribution >= 0.6 is 0 Å². The summed E-state index contributed by atoms with van der Waals surface area (Å²) in [6.45, 7) is 2.06. The SMILES string of the molecule is Cc1c[c-]c(-c2[c-]cc(-c3nc(-c4ccc5c(c4)oc4ccccc45)nc(-c4ccc5c(c4)oc4ccccc45)n3)cc2)cc1.[U+2]. The van der Waals surface area contributed by atoms with E-state index in [2.05, 4.69) is 55.5 Å². The quantitative estimate of drug-likeness (QED) is 0.166. The summed E-state index contributed by atoms with van der Waals surface area (Å²) >= 11 is 0. The fourth-order valence-electron chi connectivity index (χ4n) is 5.89. The minimum absolute atomic E-state index is 0. The van der Waals surface area contributed by atoms with Crippen molar-refractivity contribution >= 4 is 43.9 Å². The number of hydrogen-bond acceptors (Lipinski definition) is 5. The summed E-state index contributed by atoms with van der Waals surface area (Å²) in [5.74, 6) is 1.66. The van der Waals surface area contributed by atoms with Crippen LogP contribution in [0.3, 0.4) is 0 Å². The zero-order valence-electron chi connectivity index (χ0n) is 24.7. The van der Waals surface area contributed by atoms with E-state index in [-0.39, 0.29) is 31.1 Å². The maximum Gasteiger partial charge on any atom is 2.00 e. The van der Waals surface area contributed by atoms with Crippen molar-refractivity contribution in [2.45, 2.75) is 6.92 Å². The van der Waals surface area contributed by atoms with E-state index >= 15 is 0 Å². The molecule has 0 spiro atoms. The molecule has 0 N–H and O–H groups in total. The molecule has 9 rings (SSSR count). The molecule has 0 fully saturated rings. The van der Waals surface area contributed by atoms with Gasteiger partial charge in [-0.2, -0.15) is 36.4 Å². The van der Waals surface area contributed by atoms with Crippen molar-refractivity contribution in [1.82, 2.24) is 15.0 Å². The number of fused-ring (bicyclic) bond motifs is 6. The first kappa shape index (κ1) is 28.5. The molecule has 0 amide bonds. The standard InChI is InChI=1S/C40H23N3O2.U/c1-24-10-12-25(13-11-24)26-14-16-27(17-15-26)38-41-39(28-18-20-32-30-6-2-4-8-34(30)44-36(32)22-28)43-40(42-38)29-19-21-33-31-7-3-5-9-35(31)45-37(33)23-29;/h2-12,14,16-23H,1H3;/q-2;+2. The van der Waals surface area contributed by atoms with Crippen molar-refractivity contribution in [2.24, 2.45) is 0 Å². The molecule has 6 heteroatoms. The first-order valence-electron chi connectivity index (χ1n) is 14.8. The Labute approximate surface area is 288 Å². The van der Waals surface area contributed by atoms with Crippen LogP contribution in [0.4, 0.5) is 0 Å². The van der Waals surface area contributed by atoms with E-state index in [4.69, 9.17) is 23.8 Å². The topological polar surface area (TPSA) is 65.0 Å². The van der Waals surface area contributed by atoms with Crippen LogP contribution in [0.2, 0.25) is 0 Å². The van der Waals surface area contributed by atoms with Gasteiger partial charge in [0.2, 0.25) is 0 Å². The molecule has 3 aromatic heterocycles. The molecule has 0 bridgehead atoms. The number of aromatic nitrogens is 3. The third-order valence-electron chi connectivity index (χ3n) is 8.24. The second kappa shape index (κ2) is 11.4. The van der Waals surface area contributed by atoms with Gasteiger partial charge in [0.05, 0.1) is 0 Å². The zero-order chi connectivity index (χ0) is 29.9. The van der Waals surface area contributed by atoms with Gasteiger partial charge in [-0.25, -0.2) is 26.1 Å². The molecule has 9 aromatic rings. The molecule has 214 valence electrons. The number of hydrogen-bond donors (Lipinski definition) is 0. The van der Waals surface area contributed by atoms with Crippen LogP contribution in [-0.2, 0) is 0 Å². The summed E-state index contributed by atoms with van der Waals surface area (Å²) in [6, 6.07) is 47.2. The van der Waals surface area contributed by atoms with E-state index in [0.717, 1.165) is 71.7 Å². The Morgan fingerprint density at radius 1 is 0.457 bits per heavy atom. The molecule has 46 heavy (non-hydrogen) atoms. The van der Waals surface area contributed by atoms with Crippen LogP contribution in [0.5, 0.6) is 0 Å². The molecule has 3 heterocycles. The maximum absolute atomic E-state index is 6.19. The Balaban J connectivity index is 0.00000312. The smallest absolute Gasteiger partial charge is 0.456 e. The van der Waals surface area contributed by atoms with Gasteiger partial charge in [0.25, 0.3) is 0 Å². The van der Waals surface area contributed by atoms with Gasteiger partial charge in [-0.05, 0) is 36.4 Å². The zero-order valence-corrected chi connectivity index (χ0v) is 28.9. The monoisotopic (exact) mass is 815 g/mol. The normalized spacial score (nSPS) is 11.4. The fourth-order valence-corrected chi connectivity index (χ4v) is 5.89. The van der Waals surface area contributed by atoms with E-state index in [1.807, 2.05) is 84.9 Å². The number of benzene rings is 6. The second-order valence-electron chi connectivity index (χ2n) is 11.2. The largest absolute Gasteiger partial charge is 2.00 e. The average molecular weight is 816 g/mol. The minimum atomic E-state index is 0. The van der Waals surface area contributed by atoms with E-state index in [9.17, 15) is 0 Å². The predicted molar refractivity (Wildman–Crippen MR) is 179 cm³/mol. The van der Waals surface area contributed by atoms with Crippen molar-refractivity contribution in [1.29, 1.82) is 0 Å². The van der Waals surface area contributed by atoms with Crippen molar-refractivity contribution in [2.75, 3.05) is 0 Å². The molecular formula is C40H23N3O2U. The first-order valence-corrected chi connectivity index (χ1v) is 14.8. The average Bonchev–Trinajstić information content (AvgIpc) is 3.66. The van der Waals surface area contributed by atoms with E-state index in [1.165, 1.54) is 5.56 Å². The molecule has 0 unspecified atom stereocenters. The Bertz CT molecular complexity index is 2420. The van der Waals surface area contributed by atoms with Gasteiger partial charge in [0.15, 0.2) is 11.6 Å². The molecule has 0 radical (unpaired) electrons. The Kier molecular flexibility index (Phi) is 7.06. The van der Waals surface area contributed by atoms with E-state index < -0.39 is 0 Å². The van der Waals surface area contributed by atoms with Crippen LogP contribution in [-0.4, -0.2) is 15.0 Å². The molecule has 0 aliphatic heterocycles. The third kappa shape index (κ3) is 4.91. The summed E-state index contributed by atoms with van der Waals surface area (Å²) in [5.41, 5.74) is 8.90. The molecule has 5 nitrogen and oxygen atoms in total. The van der Waals surface area contributed by atoms with Gasteiger partial charge in [0, 0.05) is 32.7 Å². The predicted octanol–water partition coefficient (Wildman–Crippen LogP) is 10.2. The van der Waals surface area contributed by atoms with Gasteiger partial charge in [-0.1, -0.05) is 61.0 Å². The summed E-state index contributed by atoms with van der Waals surface area (Å²) in [4.78, 5) is 14.9. The van der Waals surface area contributed by atoms with Crippen molar-refractivity contribution in [3.8, 4) is 45.3 Å². The number of furan rings is 2. The van der Waals surface area contributed by atoms with Crippen molar-refractivity contribution in [3.63, 3.8) is 0 Å². The molecule has 6 aromatic carbocycles. The Morgan fingerprint density at radius 3 is 1.41 bits per heavy atom. The van der Waals surface area contributed by atoms with Gasteiger partial charge in [-0.3, -0.25) is 0 Å². The number of aryl methyl sites for hydroxylation is 1. The minimum Gasteiger partial charge on any atom is -0.456 e. The summed E-state index contributed by atoms with van der Waals surface area (Å²) < 4.78 is 12.4. The second-order valence-corrected chi connectivity index (χ2v) is 11.2. The molecule has 0 aliphatic rings. The molecule has 0 saturated heterocycles. The number of rotatable bonds is 4. The fraction of sp³-hybridized carbons (Fsp3) is 0.0250. The van der Waals surface area contributed by atoms with Gasteiger partial charge >= 0.3 is 31.1 Å².